The summed E-state index contributed by atoms with van der Waals surface area (Å²) in [6.07, 6.45) is 12.5. The summed E-state index contributed by atoms with van der Waals surface area (Å²) in [4.78, 5) is 0. The van der Waals surface area contributed by atoms with Crippen molar-refractivity contribution in [3.8, 4) is 11.1 Å². The third-order valence-corrected chi connectivity index (χ3v) is 10.5. The molecule has 0 N–H and O–H groups in total. The van der Waals surface area contributed by atoms with Crippen LogP contribution in [0.15, 0.2) is 118 Å². The topological polar surface area (TPSA) is 0 Å². The molecule has 0 saturated heterocycles. The molecule has 0 saturated carbocycles. The van der Waals surface area contributed by atoms with Crippen LogP contribution in [0.1, 0.15) is 34.6 Å². The predicted octanol–water partition coefficient (Wildman–Crippen LogP) is 10.4. The minimum absolute atomic E-state index is 0.294. The fraction of sp³-hybridized carbons (Fsp3) is 0.0909. The fourth-order valence-corrected chi connectivity index (χ4v) is 9.24. The summed E-state index contributed by atoms with van der Waals surface area (Å²) in [6, 6.07) is 27.3. The van der Waals surface area contributed by atoms with E-state index in [9.17, 15) is 0 Å². The number of rotatable bonds is 0. The highest BCUT2D eigenvalue weighted by atomic mass is 79.9. The molecule has 1 aromatic heterocycles. The molecular formula is C33H20Br2S. The minimum atomic E-state index is -0.316. The Kier molecular flexibility index (Phi) is 4.54. The lowest BCUT2D eigenvalue weighted by Gasteiger charge is -2.42. The molecule has 3 aliphatic rings. The smallest absolute Gasteiger partial charge is 0.0681 e. The van der Waals surface area contributed by atoms with Crippen LogP contribution in [0.2, 0.25) is 0 Å². The van der Waals surface area contributed by atoms with Crippen molar-refractivity contribution < 1.29 is 0 Å². The van der Waals surface area contributed by atoms with Gasteiger partial charge in [-0.25, -0.2) is 0 Å². The lowest BCUT2D eigenvalue weighted by molar-refractivity contribution is 0.681. The molecule has 2 unspecified atom stereocenters. The van der Waals surface area contributed by atoms with E-state index in [1.54, 1.807) is 0 Å². The molecule has 1 heterocycles. The van der Waals surface area contributed by atoms with E-state index in [1.165, 1.54) is 63.6 Å². The lowest BCUT2D eigenvalue weighted by Crippen LogP contribution is -2.34. The SMILES string of the molecule is Brc1ccc2c(c1)C1(C3=CC(/C=C\C=C/C3)c3ccccc31)c1cc(Br)c3c(sc4ccccc43)c1-2. The highest BCUT2D eigenvalue weighted by molar-refractivity contribution is 9.11. The molecule has 1 spiro atoms. The Bertz CT molecular complexity index is 1850. The quantitative estimate of drug-likeness (QED) is 0.154. The zero-order chi connectivity index (χ0) is 24.0. The number of hydrogen-bond acceptors (Lipinski definition) is 1. The largest absolute Gasteiger partial charge is 0.134 e. The summed E-state index contributed by atoms with van der Waals surface area (Å²) in [5.74, 6) is 0.294. The molecule has 0 aliphatic heterocycles. The maximum absolute atomic E-state index is 4.05. The molecule has 172 valence electrons. The second kappa shape index (κ2) is 7.64. The van der Waals surface area contributed by atoms with Gasteiger partial charge in [0.2, 0.25) is 0 Å². The van der Waals surface area contributed by atoms with Crippen LogP contribution in [0.4, 0.5) is 0 Å². The molecule has 36 heavy (non-hydrogen) atoms. The molecule has 8 rings (SSSR count). The predicted molar refractivity (Wildman–Crippen MR) is 160 cm³/mol. The molecule has 0 nitrogen and oxygen atoms in total. The molecule has 0 radical (unpaired) electrons. The van der Waals surface area contributed by atoms with Gasteiger partial charge in [0.15, 0.2) is 0 Å². The van der Waals surface area contributed by atoms with Crippen molar-refractivity contribution in [3.63, 3.8) is 0 Å². The Hall–Kier alpha value is -2.72. The van der Waals surface area contributed by atoms with Crippen LogP contribution < -0.4 is 0 Å². The van der Waals surface area contributed by atoms with E-state index in [0.717, 1.165) is 10.9 Å². The van der Waals surface area contributed by atoms with E-state index in [1.807, 2.05) is 11.3 Å². The Morgan fingerprint density at radius 3 is 2.64 bits per heavy atom. The normalized spacial score (nSPS) is 23.1. The van der Waals surface area contributed by atoms with Gasteiger partial charge >= 0.3 is 0 Å². The summed E-state index contributed by atoms with van der Waals surface area (Å²) in [5, 5.41) is 2.66. The van der Waals surface area contributed by atoms with Gasteiger partial charge < -0.3 is 0 Å². The van der Waals surface area contributed by atoms with Crippen molar-refractivity contribution in [2.75, 3.05) is 0 Å². The second-order valence-corrected chi connectivity index (χ2v) is 12.7. The molecule has 2 atom stereocenters. The maximum atomic E-state index is 4.05. The molecule has 5 aromatic rings. The lowest BCUT2D eigenvalue weighted by atomic mass is 9.60. The van der Waals surface area contributed by atoms with Crippen molar-refractivity contribution in [1.29, 1.82) is 0 Å². The Labute approximate surface area is 230 Å². The van der Waals surface area contributed by atoms with E-state index in [2.05, 4.69) is 135 Å². The van der Waals surface area contributed by atoms with E-state index in [4.69, 9.17) is 0 Å². The van der Waals surface area contributed by atoms with Crippen molar-refractivity contribution in [2.24, 2.45) is 0 Å². The van der Waals surface area contributed by atoms with Crippen molar-refractivity contribution in [2.45, 2.75) is 17.8 Å². The van der Waals surface area contributed by atoms with E-state index >= 15 is 0 Å². The third-order valence-electron chi connectivity index (χ3n) is 8.15. The highest BCUT2D eigenvalue weighted by Gasteiger charge is 2.51. The van der Waals surface area contributed by atoms with E-state index in [-0.39, 0.29) is 5.41 Å². The van der Waals surface area contributed by atoms with Crippen molar-refractivity contribution >= 4 is 63.4 Å². The second-order valence-electron chi connectivity index (χ2n) is 9.85. The first-order valence-electron chi connectivity index (χ1n) is 12.3. The number of fused-ring (bicyclic) bond motifs is 14. The van der Waals surface area contributed by atoms with Gasteiger partial charge in [-0.3, -0.25) is 0 Å². The maximum Gasteiger partial charge on any atom is 0.0681 e. The minimum Gasteiger partial charge on any atom is -0.134 e. The van der Waals surface area contributed by atoms with Crippen LogP contribution >= 0.6 is 43.2 Å². The Morgan fingerprint density at radius 1 is 0.833 bits per heavy atom. The first-order chi connectivity index (χ1) is 17.7. The van der Waals surface area contributed by atoms with Crippen LogP contribution in [0, 0.1) is 0 Å². The van der Waals surface area contributed by atoms with Gasteiger partial charge in [0.1, 0.15) is 0 Å². The molecule has 3 heteroatoms. The van der Waals surface area contributed by atoms with Crippen LogP contribution in [-0.4, -0.2) is 0 Å². The first-order valence-corrected chi connectivity index (χ1v) is 14.7. The average Bonchev–Trinajstić information content (AvgIpc) is 3.39. The zero-order valence-corrected chi connectivity index (χ0v) is 23.3. The number of benzene rings is 4. The van der Waals surface area contributed by atoms with Gasteiger partial charge in [0.05, 0.1) is 5.41 Å². The Morgan fingerprint density at radius 2 is 1.69 bits per heavy atom. The number of allylic oxidation sites excluding steroid dienone is 6. The van der Waals surface area contributed by atoms with Gasteiger partial charge in [-0.15, -0.1) is 11.3 Å². The van der Waals surface area contributed by atoms with Crippen LogP contribution in [-0.2, 0) is 5.41 Å². The number of hydrogen-bond donors (Lipinski definition) is 0. The third kappa shape index (κ3) is 2.64. The average molecular weight is 608 g/mol. The Balaban J connectivity index is 1.60. The van der Waals surface area contributed by atoms with Crippen LogP contribution in [0.5, 0.6) is 0 Å². The van der Waals surface area contributed by atoms with Crippen molar-refractivity contribution in [1.82, 2.24) is 0 Å². The molecule has 4 aromatic carbocycles. The highest BCUT2D eigenvalue weighted by Crippen LogP contribution is 2.63. The van der Waals surface area contributed by atoms with E-state index in [0.29, 0.717) is 5.92 Å². The van der Waals surface area contributed by atoms with Crippen molar-refractivity contribution in [3.05, 3.63) is 140 Å². The standard InChI is InChI=1S/C33H20Br2S/c34-21-14-15-23-26(17-21)33(20-9-3-1-2-8-19(16-20)22-10-4-6-12-25(22)33)27-18-28(35)31-24-11-5-7-13-29(24)36-32(31)30(23)27/h1-8,10-19H,9H2/b3-1-,8-2-. The number of thiophene rings is 1. The summed E-state index contributed by atoms with van der Waals surface area (Å²) in [5.41, 5.74) is 9.51. The van der Waals surface area contributed by atoms with Gasteiger partial charge in [-0.05, 0) is 58.5 Å². The zero-order valence-electron chi connectivity index (χ0n) is 19.3. The van der Waals surface area contributed by atoms with Gasteiger partial charge in [-0.2, -0.15) is 0 Å². The van der Waals surface area contributed by atoms with Gasteiger partial charge in [-0.1, -0.05) is 116 Å². The van der Waals surface area contributed by atoms with Crippen LogP contribution in [0.25, 0.3) is 31.3 Å². The summed E-state index contributed by atoms with van der Waals surface area (Å²) >= 11 is 9.81. The van der Waals surface area contributed by atoms with E-state index < -0.39 is 0 Å². The monoisotopic (exact) mass is 606 g/mol. The number of halogens is 2. The summed E-state index contributed by atoms with van der Waals surface area (Å²) in [6.45, 7) is 0. The summed E-state index contributed by atoms with van der Waals surface area (Å²) in [7, 11) is 0. The molecule has 2 bridgehead atoms. The van der Waals surface area contributed by atoms with Crippen LogP contribution in [0.3, 0.4) is 0 Å². The fourth-order valence-electron chi connectivity index (χ4n) is 6.81. The molecule has 3 aliphatic carbocycles. The molecule has 0 amide bonds. The molecule has 0 fully saturated rings. The first kappa shape index (κ1) is 21.4. The van der Waals surface area contributed by atoms with Gasteiger partial charge in [0.25, 0.3) is 0 Å². The molecular weight excluding hydrogens is 588 g/mol. The summed E-state index contributed by atoms with van der Waals surface area (Å²) < 4.78 is 5.02. The van der Waals surface area contributed by atoms with Gasteiger partial charge in [0, 0.05) is 40.6 Å².